The molecule has 3 aliphatic heterocycles. The number of fused-ring (bicyclic) bond motifs is 2. The largest absolute Gasteiger partial charge is 0.415 e. The molecule has 0 bridgehead atoms. The highest BCUT2D eigenvalue weighted by Gasteiger charge is 2.39. The average Bonchev–Trinajstić information content (AvgIpc) is 3.24. The fourth-order valence-electron chi connectivity index (χ4n) is 6.16. The van der Waals surface area contributed by atoms with Gasteiger partial charge in [0.05, 0.1) is 12.7 Å². The van der Waals surface area contributed by atoms with E-state index < -0.39 is 8.32 Å². The standard InChI is InChI=1S/C30H44ClN3O4Si/c1-30(2,3)39(4,5)38-15-14-33-19-26(25-17-23(31)6-7-27(25)33)21-8-11-32(12-9-21)29(36)34-13-10-28-22(18-34)16-24(35)20-37-28/h6-7,17,19,21-22,28H,8-16,18,20H2,1-5H3/t22-,28+/m1/s1. The third-order valence-electron chi connectivity index (χ3n) is 9.56. The maximum absolute atomic E-state index is 13.4. The van der Waals surface area contributed by atoms with E-state index in [0.717, 1.165) is 43.9 Å². The first-order chi connectivity index (χ1) is 18.4. The summed E-state index contributed by atoms with van der Waals surface area (Å²) in [6.45, 7) is 16.0. The number of Topliss-reactive ketones (excluding diaryl/α,β-unsaturated/α-hetero) is 1. The Morgan fingerprint density at radius 3 is 2.56 bits per heavy atom. The SMILES string of the molecule is CC(C)(C)[Si](C)(C)OCCn1cc(C2CCN(C(=O)N3CC[C@@H]4OCC(=O)C[C@@H]4C3)CC2)c2cc(Cl)ccc21. The number of benzene rings is 1. The van der Waals surface area contributed by atoms with Crippen LogP contribution in [0.1, 0.15) is 57.9 Å². The highest BCUT2D eigenvalue weighted by atomic mass is 35.5. The number of urea groups is 1. The van der Waals surface area contributed by atoms with Gasteiger partial charge in [0.15, 0.2) is 14.1 Å². The van der Waals surface area contributed by atoms with Crippen LogP contribution in [0.15, 0.2) is 24.4 Å². The number of likely N-dealkylation sites (tertiary alicyclic amines) is 2. The van der Waals surface area contributed by atoms with Gasteiger partial charge in [-0.2, -0.15) is 0 Å². The number of amides is 2. The maximum Gasteiger partial charge on any atom is 0.320 e. The fourth-order valence-corrected chi connectivity index (χ4v) is 7.36. The molecule has 7 nitrogen and oxygen atoms in total. The predicted molar refractivity (Wildman–Crippen MR) is 158 cm³/mol. The number of carbonyl (C=O) groups excluding carboxylic acids is 2. The van der Waals surface area contributed by atoms with Crippen LogP contribution in [0.5, 0.6) is 0 Å². The first-order valence-corrected chi connectivity index (χ1v) is 17.8. The van der Waals surface area contributed by atoms with Crippen molar-refractivity contribution in [3.63, 3.8) is 0 Å². The van der Waals surface area contributed by atoms with Crippen LogP contribution in [0.25, 0.3) is 10.9 Å². The van der Waals surface area contributed by atoms with E-state index >= 15 is 0 Å². The second-order valence-corrected chi connectivity index (χ2v) is 18.4. The zero-order chi connectivity index (χ0) is 27.9. The van der Waals surface area contributed by atoms with Crippen molar-refractivity contribution in [3.8, 4) is 0 Å². The smallest absolute Gasteiger partial charge is 0.320 e. The van der Waals surface area contributed by atoms with E-state index in [0.29, 0.717) is 32.0 Å². The number of nitrogens with zero attached hydrogens (tertiary/aromatic N) is 3. The van der Waals surface area contributed by atoms with E-state index in [4.69, 9.17) is 20.8 Å². The molecular formula is C30H44ClN3O4Si. The summed E-state index contributed by atoms with van der Waals surface area (Å²) < 4.78 is 14.5. The van der Waals surface area contributed by atoms with Crippen LogP contribution in [0.2, 0.25) is 23.2 Å². The molecular weight excluding hydrogens is 530 g/mol. The van der Waals surface area contributed by atoms with Gasteiger partial charge in [0.2, 0.25) is 0 Å². The molecule has 3 fully saturated rings. The molecule has 39 heavy (non-hydrogen) atoms. The lowest BCUT2D eigenvalue weighted by Gasteiger charge is -2.43. The van der Waals surface area contributed by atoms with E-state index in [2.05, 4.69) is 56.8 Å². The Hall–Kier alpha value is -1.87. The molecule has 0 saturated carbocycles. The van der Waals surface area contributed by atoms with Gasteiger partial charge in [-0.25, -0.2) is 4.79 Å². The highest BCUT2D eigenvalue weighted by Crippen LogP contribution is 2.38. The third kappa shape index (κ3) is 6.09. The quantitative estimate of drug-likeness (QED) is 0.394. The van der Waals surface area contributed by atoms with E-state index in [1.807, 2.05) is 15.9 Å². The van der Waals surface area contributed by atoms with Crippen molar-refractivity contribution in [3.05, 3.63) is 35.0 Å². The maximum atomic E-state index is 13.4. The van der Waals surface area contributed by atoms with E-state index in [-0.39, 0.29) is 35.5 Å². The summed E-state index contributed by atoms with van der Waals surface area (Å²) in [6, 6.07) is 6.29. The molecule has 1 aromatic heterocycles. The molecule has 214 valence electrons. The number of piperidine rings is 2. The summed E-state index contributed by atoms with van der Waals surface area (Å²) in [7, 11) is -1.81. The van der Waals surface area contributed by atoms with Gasteiger partial charge in [-0.3, -0.25) is 4.79 Å². The number of rotatable bonds is 5. The molecule has 0 N–H and O–H groups in total. The van der Waals surface area contributed by atoms with Crippen molar-refractivity contribution in [2.24, 2.45) is 5.92 Å². The van der Waals surface area contributed by atoms with Crippen LogP contribution in [-0.4, -0.2) is 80.0 Å². The topological polar surface area (TPSA) is 64.0 Å². The van der Waals surface area contributed by atoms with Crippen molar-refractivity contribution in [1.82, 2.24) is 14.4 Å². The molecule has 0 radical (unpaired) electrons. The number of aromatic nitrogens is 1. The number of ether oxygens (including phenoxy) is 1. The molecule has 4 heterocycles. The summed E-state index contributed by atoms with van der Waals surface area (Å²) in [5.41, 5.74) is 2.52. The number of halogens is 1. The van der Waals surface area contributed by atoms with Gasteiger partial charge in [0, 0.05) is 67.2 Å². The summed E-state index contributed by atoms with van der Waals surface area (Å²) in [5.74, 6) is 0.669. The van der Waals surface area contributed by atoms with E-state index in [1.54, 1.807) is 0 Å². The van der Waals surface area contributed by atoms with Gasteiger partial charge in [0.1, 0.15) is 6.61 Å². The fraction of sp³-hybridized carbons (Fsp3) is 0.667. The highest BCUT2D eigenvalue weighted by molar-refractivity contribution is 6.74. The zero-order valence-electron chi connectivity index (χ0n) is 24.2. The van der Waals surface area contributed by atoms with Gasteiger partial charge in [-0.1, -0.05) is 32.4 Å². The van der Waals surface area contributed by atoms with E-state index in [9.17, 15) is 9.59 Å². The summed E-state index contributed by atoms with van der Waals surface area (Å²) in [4.78, 5) is 29.2. The lowest BCUT2D eigenvalue weighted by molar-refractivity contribution is -0.139. The van der Waals surface area contributed by atoms with Crippen LogP contribution < -0.4 is 0 Å². The molecule has 0 unspecified atom stereocenters. The van der Waals surface area contributed by atoms with Gasteiger partial charge in [0.25, 0.3) is 0 Å². The molecule has 2 aromatic rings. The van der Waals surface area contributed by atoms with Gasteiger partial charge in [-0.05, 0) is 67.1 Å². The molecule has 0 aliphatic carbocycles. The monoisotopic (exact) mass is 573 g/mol. The second-order valence-electron chi connectivity index (χ2n) is 13.2. The summed E-state index contributed by atoms with van der Waals surface area (Å²) >= 11 is 6.44. The van der Waals surface area contributed by atoms with Crippen molar-refractivity contribution in [2.75, 3.05) is 39.4 Å². The van der Waals surface area contributed by atoms with Crippen LogP contribution in [0.4, 0.5) is 4.79 Å². The minimum absolute atomic E-state index is 0.109. The second kappa shape index (κ2) is 11.2. The minimum atomic E-state index is -1.81. The Morgan fingerprint density at radius 2 is 1.85 bits per heavy atom. The van der Waals surface area contributed by atoms with Crippen LogP contribution in [-0.2, 0) is 20.5 Å². The third-order valence-corrected chi connectivity index (χ3v) is 14.3. The molecule has 5 rings (SSSR count). The Bertz CT molecular complexity index is 1210. The number of hydrogen-bond acceptors (Lipinski definition) is 4. The van der Waals surface area contributed by atoms with Crippen LogP contribution >= 0.6 is 11.6 Å². The molecule has 2 atom stereocenters. The summed E-state index contributed by atoms with van der Waals surface area (Å²) in [5, 5.41) is 2.15. The molecule has 1 aromatic carbocycles. The average molecular weight is 574 g/mol. The zero-order valence-corrected chi connectivity index (χ0v) is 25.9. The lowest BCUT2D eigenvalue weighted by atomic mass is 9.87. The van der Waals surface area contributed by atoms with Crippen LogP contribution in [0, 0.1) is 5.92 Å². The summed E-state index contributed by atoms with van der Waals surface area (Å²) in [6.07, 6.45) is 5.62. The number of carbonyl (C=O) groups is 2. The predicted octanol–water partition coefficient (Wildman–Crippen LogP) is 6.30. The van der Waals surface area contributed by atoms with Gasteiger partial charge >= 0.3 is 6.03 Å². The van der Waals surface area contributed by atoms with Crippen molar-refractivity contribution < 1.29 is 18.8 Å². The Morgan fingerprint density at radius 1 is 1.13 bits per heavy atom. The number of hydrogen-bond donors (Lipinski definition) is 0. The molecule has 0 spiro atoms. The van der Waals surface area contributed by atoms with Gasteiger partial charge < -0.3 is 23.5 Å². The Balaban J connectivity index is 1.23. The molecule has 3 aliphatic rings. The molecule has 2 amide bonds. The molecule has 3 saturated heterocycles. The van der Waals surface area contributed by atoms with Crippen molar-refractivity contribution >= 4 is 42.6 Å². The number of ketones is 1. The Kier molecular flexibility index (Phi) is 8.22. The van der Waals surface area contributed by atoms with Crippen molar-refractivity contribution in [2.45, 2.75) is 83.2 Å². The van der Waals surface area contributed by atoms with Crippen molar-refractivity contribution in [1.29, 1.82) is 0 Å². The molecule has 9 heteroatoms. The first kappa shape index (κ1) is 28.6. The van der Waals surface area contributed by atoms with Gasteiger partial charge in [-0.15, -0.1) is 0 Å². The normalized spacial score (nSPS) is 23.4. The lowest BCUT2D eigenvalue weighted by Crippen LogP contribution is -2.54. The first-order valence-electron chi connectivity index (χ1n) is 14.5. The minimum Gasteiger partial charge on any atom is -0.415 e. The van der Waals surface area contributed by atoms with Crippen LogP contribution in [0.3, 0.4) is 0 Å². The van der Waals surface area contributed by atoms with E-state index in [1.165, 1.54) is 16.5 Å². The Labute approximate surface area is 238 Å².